The highest BCUT2D eigenvalue weighted by Crippen LogP contribution is 2.27. The zero-order chi connectivity index (χ0) is 12.0. The van der Waals surface area contributed by atoms with Gasteiger partial charge in [0.1, 0.15) is 0 Å². The monoisotopic (exact) mass is 227 g/mol. The SMILES string of the molecule is CN(C)CCCN(C)C1CCCCC1CN. The van der Waals surface area contributed by atoms with E-state index in [4.69, 9.17) is 5.73 Å². The second-order valence-electron chi connectivity index (χ2n) is 5.49. The van der Waals surface area contributed by atoms with Crippen molar-refractivity contribution >= 4 is 0 Å². The van der Waals surface area contributed by atoms with E-state index in [1.165, 1.54) is 45.2 Å². The summed E-state index contributed by atoms with van der Waals surface area (Å²) >= 11 is 0. The molecule has 0 aliphatic heterocycles. The Balaban J connectivity index is 2.29. The molecule has 1 aliphatic rings. The molecule has 0 amide bonds. The lowest BCUT2D eigenvalue weighted by atomic mass is 9.83. The largest absolute Gasteiger partial charge is 0.330 e. The molecule has 2 N–H and O–H groups in total. The van der Waals surface area contributed by atoms with Crippen molar-refractivity contribution in [3.05, 3.63) is 0 Å². The second kappa shape index (κ2) is 7.25. The molecule has 0 saturated heterocycles. The van der Waals surface area contributed by atoms with Crippen LogP contribution in [0.3, 0.4) is 0 Å². The molecule has 0 spiro atoms. The molecule has 96 valence electrons. The lowest BCUT2D eigenvalue weighted by Gasteiger charge is -2.37. The molecule has 0 aromatic rings. The van der Waals surface area contributed by atoms with E-state index in [0.29, 0.717) is 0 Å². The average molecular weight is 227 g/mol. The van der Waals surface area contributed by atoms with E-state index in [2.05, 4.69) is 30.9 Å². The molecule has 1 fully saturated rings. The van der Waals surface area contributed by atoms with Crippen LogP contribution in [0.1, 0.15) is 32.1 Å². The molecule has 2 unspecified atom stereocenters. The predicted octanol–water partition coefficient (Wildman–Crippen LogP) is 1.39. The molecule has 1 rings (SSSR count). The summed E-state index contributed by atoms with van der Waals surface area (Å²) in [5, 5.41) is 0. The zero-order valence-electron chi connectivity index (χ0n) is 11.3. The molecule has 0 aromatic carbocycles. The van der Waals surface area contributed by atoms with Gasteiger partial charge in [-0.3, -0.25) is 0 Å². The van der Waals surface area contributed by atoms with E-state index in [1.807, 2.05) is 0 Å². The van der Waals surface area contributed by atoms with Gasteiger partial charge in [-0.15, -0.1) is 0 Å². The molecule has 0 aromatic heterocycles. The Morgan fingerprint density at radius 2 is 1.75 bits per heavy atom. The first-order chi connectivity index (χ1) is 7.65. The highest BCUT2D eigenvalue weighted by Gasteiger charge is 2.26. The molecule has 3 nitrogen and oxygen atoms in total. The van der Waals surface area contributed by atoms with Crippen molar-refractivity contribution in [2.45, 2.75) is 38.1 Å². The summed E-state index contributed by atoms with van der Waals surface area (Å²) in [7, 11) is 6.56. The van der Waals surface area contributed by atoms with Crippen LogP contribution in [0.2, 0.25) is 0 Å². The van der Waals surface area contributed by atoms with Crippen molar-refractivity contribution < 1.29 is 0 Å². The van der Waals surface area contributed by atoms with Gasteiger partial charge in [-0.05, 0) is 66.0 Å². The third-order valence-corrected chi connectivity index (χ3v) is 3.85. The first-order valence-electron chi connectivity index (χ1n) is 6.70. The fraction of sp³-hybridized carbons (Fsp3) is 1.00. The van der Waals surface area contributed by atoms with Gasteiger partial charge in [0.05, 0.1) is 0 Å². The Bertz CT molecular complexity index is 182. The van der Waals surface area contributed by atoms with Crippen LogP contribution in [0, 0.1) is 5.92 Å². The van der Waals surface area contributed by atoms with Crippen molar-refractivity contribution in [2.24, 2.45) is 11.7 Å². The first kappa shape index (κ1) is 13.9. The Hall–Kier alpha value is -0.120. The van der Waals surface area contributed by atoms with Crippen LogP contribution >= 0.6 is 0 Å². The van der Waals surface area contributed by atoms with E-state index >= 15 is 0 Å². The number of hydrogen-bond donors (Lipinski definition) is 1. The molecule has 1 saturated carbocycles. The minimum Gasteiger partial charge on any atom is -0.330 e. The van der Waals surface area contributed by atoms with Gasteiger partial charge in [0.2, 0.25) is 0 Å². The molecule has 3 heteroatoms. The van der Waals surface area contributed by atoms with Gasteiger partial charge in [0.15, 0.2) is 0 Å². The third-order valence-electron chi connectivity index (χ3n) is 3.85. The van der Waals surface area contributed by atoms with Crippen LogP contribution in [-0.4, -0.2) is 56.6 Å². The minimum absolute atomic E-state index is 0.734. The van der Waals surface area contributed by atoms with Crippen LogP contribution < -0.4 is 5.73 Å². The van der Waals surface area contributed by atoms with Crippen LogP contribution in [0.25, 0.3) is 0 Å². The van der Waals surface area contributed by atoms with Crippen molar-refractivity contribution in [1.82, 2.24) is 9.80 Å². The lowest BCUT2D eigenvalue weighted by molar-refractivity contribution is 0.129. The highest BCUT2D eigenvalue weighted by molar-refractivity contribution is 4.82. The van der Waals surface area contributed by atoms with Crippen LogP contribution in [0.15, 0.2) is 0 Å². The van der Waals surface area contributed by atoms with Gasteiger partial charge >= 0.3 is 0 Å². The average Bonchev–Trinajstić information content (AvgIpc) is 2.28. The number of hydrogen-bond acceptors (Lipinski definition) is 3. The molecule has 0 bridgehead atoms. The van der Waals surface area contributed by atoms with Crippen LogP contribution in [0.5, 0.6) is 0 Å². The molecule has 1 aliphatic carbocycles. The molecule has 0 heterocycles. The smallest absolute Gasteiger partial charge is 0.0132 e. The third kappa shape index (κ3) is 4.40. The number of nitrogens with zero attached hydrogens (tertiary/aromatic N) is 2. The zero-order valence-corrected chi connectivity index (χ0v) is 11.3. The van der Waals surface area contributed by atoms with E-state index in [1.54, 1.807) is 0 Å². The van der Waals surface area contributed by atoms with Gasteiger partial charge in [-0.1, -0.05) is 12.8 Å². The van der Waals surface area contributed by atoms with Gasteiger partial charge in [0.25, 0.3) is 0 Å². The summed E-state index contributed by atoms with van der Waals surface area (Å²) in [5.74, 6) is 0.734. The standard InChI is InChI=1S/C13H29N3/c1-15(2)9-6-10-16(3)13-8-5-4-7-12(13)11-14/h12-13H,4-11,14H2,1-3H3. The normalized spacial score (nSPS) is 26.6. The molecular formula is C13H29N3. The van der Waals surface area contributed by atoms with E-state index in [9.17, 15) is 0 Å². The quantitative estimate of drug-likeness (QED) is 0.744. The van der Waals surface area contributed by atoms with E-state index in [-0.39, 0.29) is 0 Å². The van der Waals surface area contributed by atoms with E-state index in [0.717, 1.165) is 18.5 Å². The van der Waals surface area contributed by atoms with Crippen LogP contribution in [-0.2, 0) is 0 Å². The Labute approximate surface area is 101 Å². The number of rotatable bonds is 6. The fourth-order valence-corrected chi connectivity index (χ4v) is 2.85. The second-order valence-corrected chi connectivity index (χ2v) is 5.49. The highest BCUT2D eigenvalue weighted by atomic mass is 15.1. The topological polar surface area (TPSA) is 32.5 Å². The van der Waals surface area contributed by atoms with Crippen molar-refractivity contribution in [2.75, 3.05) is 40.8 Å². The Kier molecular flexibility index (Phi) is 6.32. The predicted molar refractivity (Wildman–Crippen MR) is 70.6 cm³/mol. The fourth-order valence-electron chi connectivity index (χ4n) is 2.85. The van der Waals surface area contributed by atoms with Crippen molar-refractivity contribution in [3.8, 4) is 0 Å². The van der Waals surface area contributed by atoms with Crippen LogP contribution in [0.4, 0.5) is 0 Å². The summed E-state index contributed by atoms with van der Waals surface area (Å²) in [5.41, 5.74) is 5.87. The lowest BCUT2D eigenvalue weighted by Crippen LogP contribution is -2.43. The van der Waals surface area contributed by atoms with Crippen molar-refractivity contribution in [1.29, 1.82) is 0 Å². The van der Waals surface area contributed by atoms with Gasteiger partial charge in [0, 0.05) is 6.04 Å². The van der Waals surface area contributed by atoms with Gasteiger partial charge in [-0.2, -0.15) is 0 Å². The van der Waals surface area contributed by atoms with Crippen molar-refractivity contribution in [3.63, 3.8) is 0 Å². The van der Waals surface area contributed by atoms with Gasteiger partial charge in [-0.25, -0.2) is 0 Å². The Morgan fingerprint density at radius 3 is 2.38 bits per heavy atom. The minimum atomic E-state index is 0.734. The summed E-state index contributed by atoms with van der Waals surface area (Å²) < 4.78 is 0. The molecule has 16 heavy (non-hydrogen) atoms. The summed E-state index contributed by atoms with van der Waals surface area (Å²) in [6.45, 7) is 3.26. The molecule has 2 atom stereocenters. The Morgan fingerprint density at radius 1 is 1.06 bits per heavy atom. The molecular weight excluding hydrogens is 198 g/mol. The molecule has 0 radical (unpaired) electrons. The summed E-state index contributed by atoms with van der Waals surface area (Å²) in [4.78, 5) is 4.80. The van der Waals surface area contributed by atoms with E-state index < -0.39 is 0 Å². The van der Waals surface area contributed by atoms with Gasteiger partial charge < -0.3 is 15.5 Å². The summed E-state index contributed by atoms with van der Waals surface area (Å²) in [6.07, 6.45) is 6.71. The maximum atomic E-state index is 5.87. The summed E-state index contributed by atoms with van der Waals surface area (Å²) in [6, 6.07) is 0.737. The maximum Gasteiger partial charge on any atom is 0.0132 e. The number of nitrogens with two attached hydrogens (primary N) is 1. The first-order valence-corrected chi connectivity index (χ1v) is 6.70. The maximum absolute atomic E-state index is 5.87.